The minimum absolute atomic E-state index is 0.178. The molecule has 168 valence electrons. The van der Waals surface area contributed by atoms with Crippen LogP contribution in [0.25, 0.3) is 0 Å². The average Bonchev–Trinajstić information content (AvgIpc) is 2.81. The normalized spacial score (nSPS) is 15.5. The van der Waals surface area contributed by atoms with E-state index in [1.165, 1.54) is 5.56 Å². The van der Waals surface area contributed by atoms with Crippen LogP contribution in [0, 0.1) is 0 Å². The molecule has 0 atom stereocenters. The molecule has 2 heterocycles. The van der Waals surface area contributed by atoms with Gasteiger partial charge in [0, 0.05) is 37.6 Å². The second kappa shape index (κ2) is 9.61. The molecule has 0 spiro atoms. The van der Waals surface area contributed by atoms with E-state index in [0.717, 1.165) is 61.7 Å². The lowest BCUT2D eigenvalue weighted by molar-refractivity contribution is -0.137. The van der Waals surface area contributed by atoms with Crippen molar-refractivity contribution in [2.45, 2.75) is 31.6 Å². The first-order valence-corrected chi connectivity index (χ1v) is 10.7. The number of hydrogen-bond donors (Lipinski definition) is 0. The van der Waals surface area contributed by atoms with Crippen LogP contribution in [0.2, 0.25) is 0 Å². The summed E-state index contributed by atoms with van der Waals surface area (Å²) in [5.41, 5.74) is 2.20. The molecule has 0 bridgehead atoms. The topological polar surface area (TPSA) is 28.6 Å². The van der Waals surface area contributed by atoms with Crippen molar-refractivity contribution in [1.82, 2.24) is 9.88 Å². The summed E-state index contributed by atoms with van der Waals surface area (Å²) in [5, 5.41) is 0. The SMILES string of the molecule is COc1cccc(CN2CCC(N(c3ccc(C(F)(F)F)cc3)c3cccnc3)CC2)c1. The number of nitrogens with zero attached hydrogens (tertiary/aromatic N) is 3. The summed E-state index contributed by atoms with van der Waals surface area (Å²) in [6.45, 7) is 2.65. The van der Waals surface area contributed by atoms with Crippen LogP contribution in [0.1, 0.15) is 24.0 Å². The molecule has 1 aromatic heterocycles. The van der Waals surface area contributed by atoms with Crippen LogP contribution in [0.5, 0.6) is 5.75 Å². The predicted octanol–water partition coefficient (Wildman–Crippen LogP) is 5.91. The van der Waals surface area contributed by atoms with Crippen molar-refractivity contribution in [2.75, 3.05) is 25.1 Å². The lowest BCUT2D eigenvalue weighted by atomic mass is 10.0. The third-order valence-electron chi connectivity index (χ3n) is 5.86. The molecule has 3 aromatic rings. The zero-order valence-electron chi connectivity index (χ0n) is 17.9. The molecule has 7 heteroatoms. The van der Waals surface area contributed by atoms with Crippen molar-refractivity contribution < 1.29 is 17.9 Å². The number of anilines is 2. The van der Waals surface area contributed by atoms with Crippen LogP contribution in [0.4, 0.5) is 24.5 Å². The molecule has 0 saturated carbocycles. The van der Waals surface area contributed by atoms with Gasteiger partial charge in [0.15, 0.2) is 0 Å². The van der Waals surface area contributed by atoms with Crippen molar-refractivity contribution in [3.63, 3.8) is 0 Å². The number of piperidine rings is 1. The van der Waals surface area contributed by atoms with Gasteiger partial charge in [-0.05, 0) is 66.9 Å². The van der Waals surface area contributed by atoms with E-state index in [1.54, 1.807) is 31.6 Å². The van der Waals surface area contributed by atoms with Gasteiger partial charge in [-0.2, -0.15) is 13.2 Å². The molecule has 4 rings (SSSR count). The second-order valence-corrected chi connectivity index (χ2v) is 7.98. The summed E-state index contributed by atoms with van der Waals surface area (Å²) in [7, 11) is 1.67. The third kappa shape index (κ3) is 5.22. The van der Waals surface area contributed by atoms with Crippen LogP contribution in [0.15, 0.2) is 73.1 Å². The molecular weight excluding hydrogens is 415 g/mol. The second-order valence-electron chi connectivity index (χ2n) is 7.98. The van der Waals surface area contributed by atoms with E-state index in [-0.39, 0.29) is 6.04 Å². The van der Waals surface area contributed by atoms with Gasteiger partial charge in [0.25, 0.3) is 0 Å². The lowest BCUT2D eigenvalue weighted by Gasteiger charge is -2.40. The number of aromatic nitrogens is 1. The summed E-state index contributed by atoms with van der Waals surface area (Å²) < 4.78 is 44.4. The minimum atomic E-state index is -4.34. The number of alkyl halides is 3. The van der Waals surface area contributed by atoms with Gasteiger partial charge in [-0.3, -0.25) is 9.88 Å². The van der Waals surface area contributed by atoms with Crippen LogP contribution in [0.3, 0.4) is 0 Å². The Bertz CT molecular complexity index is 1000. The molecule has 0 unspecified atom stereocenters. The van der Waals surface area contributed by atoms with Gasteiger partial charge in [-0.15, -0.1) is 0 Å². The molecule has 32 heavy (non-hydrogen) atoms. The molecule has 2 aromatic carbocycles. The molecule has 1 aliphatic rings. The molecule has 1 fully saturated rings. The standard InChI is InChI=1S/C25H26F3N3O/c1-32-24-6-2-4-19(16-24)18-30-14-11-22(12-15-30)31(23-5-3-13-29-17-23)21-9-7-20(8-10-21)25(26,27)28/h2-10,13,16-17,22H,11-12,14-15,18H2,1H3. The number of halogens is 3. The van der Waals surface area contributed by atoms with Crippen molar-refractivity contribution >= 4 is 11.4 Å². The van der Waals surface area contributed by atoms with Crippen LogP contribution >= 0.6 is 0 Å². The van der Waals surface area contributed by atoms with Gasteiger partial charge in [-0.1, -0.05) is 12.1 Å². The average molecular weight is 441 g/mol. The highest BCUT2D eigenvalue weighted by atomic mass is 19.4. The molecule has 0 aliphatic carbocycles. The van der Waals surface area contributed by atoms with Crippen LogP contribution < -0.4 is 9.64 Å². The number of ether oxygens (including phenoxy) is 1. The number of likely N-dealkylation sites (tertiary alicyclic amines) is 1. The molecule has 0 radical (unpaired) electrons. The molecule has 1 aliphatic heterocycles. The Labute approximate surface area is 186 Å². The number of rotatable bonds is 6. The Balaban J connectivity index is 1.49. The summed E-state index contributed by atoms with van der Waals surface area (Å²) in [5.74, 6) is 0.849. The fourth-order valence-electron chi connectivity index (χ4n) is 4.24. The fourth-order valence-corrected chi connectivity index (χ4v) is 4.24. The summed E-state index contributed by atoms with van der Waals surface area (Å²) in [6.07, 6.45) is 0.925. The Morgan fingerprint density at radius 2 is 1.75 bits per heavy atom. The highest BCUT2D eigenvalue weighted by Gasteiger charge is 2.31. The minimum Gasteiger partial charge on any atom is -0.497 e. The van der Waals surface area contributed by atoms with E-state index >= 15 is 0 Å². The molecular formula is C25H26F3N3O. The van der Waals surface area contributed by atoms with Crippen molar-refractivity contribution in [3.8, 4) is 5.75 Å². The van der Waals surface area contributed by atoms with E-state index in [2.05, 4.69) is 26.9 Å². The Hall–Kier alpha value is -3.06. The van der Waals surface area contributed by atoms with E-state index in [4.69, 9.17) is 4.74 Å². The summed E-state index contributed by atoms with van der Waals surface area (Å²) >= 11 is 0. The molecule has 0 N–H and O–H groups in total. The number of pyridine rings is 1. The van der Waals surface area contributed by atoms with E-state index < -0.39 is 11.7 Å². The van der Waals surface area contributed by atoms with Crippen molar-refractivity contribution in [3.05, 3.63) is 84.2 Å². The Morgan fingerprint density at radius 3 is 2.38 bits per heavy atom. The first-order chi connectivity index (χ1) is 15.4. The Kier molecular flexibility index (Phi) is 6.65. The highest BCUT2D eigenvalue weighted by Crippen LogP contribution is 2.35. The predicted molar refractivity (Wildman–Crippen MR) is 119 cm³/mol. The maximum atomic E-state index is 13.0. The number of methoxy groups -OCH3 is 1. The Morgan fingerprint density at radius 1 is 1.00 bits per heavy atom. The smallest absolute Gasteiger partial charge is 0.416 e. The highest BCUT2D eigenvalue weighted by molar-refractivity contribution is 5.63. The number of benzene rings is 2. The van der Waals surface area contributed by atoms with Gasteiger partial charge < -0.3 is 9.64 Å². The maximum absolute atomic E-state index is 13.0. The monoisotopic (exact) mass is 441 g/mol. The van der Waals surface area contributed by atoms with Gasteiger partial charge in [0.1, 0.15) is 5.75 Å². The zero-order valence-corrected chi connectivity index (χ0v) is 17.9. The van der Waals surface area contributed by atoms with Crippen LogP contribution in [-0.2, 0) is 12.7 Å². The van der Waals surface area contributed by atoms with E-state index in [9.17, 15) is 13.2 Å². The molecule has 0 amide bonds. The molecule has 4 nitrogen and oxygen atoms in total. The zero-order chi connectivity index (χ0) is 22.6. The van der Waals surface area contributed by atoms with E-state index in [0.29, 0.717) is 0 Å². The maximum Gasteiger partial charge on any atom is 0.416 e. The molecule has 1 saturated heterocycles. The fraction of sp³-hybridized carbons (Fsp3) is 0.320. The van der Waals surface area contributed by atoms with Crippen molar-refractivity contribution in [2.24, 2.45) is 0 Å². The van der Waals surface area contributed by atoms with Gasteiger partial charge in [0.05, 0.1) is 24.6 Å². The first kappa shape index (κ1) is 22.1. The van der Waals surface area contributed by atoms with Gasteiger partial charge >= 0.3 is 6.18 Å². The quantitative estimate of drug-likeness (QED) is 0.475. The van der Waals surface area contributed by atoms with Gasteiger partial charge in [0.2, 0.25) is 0 Å². The van der Waals surface area contributed by atoms with Gasteiger partial charge in [-0.25, -0.2) is 0 Å². The third-order valence-corrected chi connectivity index (χ3v) is 5.86. The van der Waals surface area contributed by atoms with E-state index in [1.807, 2.05) is 24.3 Å². The van der Waals surface area contributed by atoms with Crippen molar-refractivity contribution in [1.29, 1.82) is 0 Å². The largest absolute Gasteiger partial charge is 0.497 e. The first-order valence-electron chi connectivity index (χ1n) is 10.7. The lowest BCUT2D eigenvalue weighted by Crippen LogP contribution is -2.43. The summed E-state index contributed by atoms with van der Waals surface area (Å²) in [4.78, 5) is 8.75. The number of hydrogen-bond acceptors (Lipinski definition) is 4. The van der Waals surface area contributed by atoms with Crippen LogP contribution in [-0.4, -0.2) is 36.1 Å². The summed E-state index contributed by atoms with van der Waals surface area (Å²) in [6, 6.07) is 17.5.